The molecule has 0 fully saturated rings. The van der Waals surface area contributed by atoms with Crippen molar-refractivity contribution >= 4 is 43.6 Å². The van der Waals surface area contributed by atoms with Crippen molar-refractivity contribution < 1.29 is 0 Å². The Labute approximate surface area is 312 Å². The third kappa shape index (κ3) is 4.76. The van der Waals surface area contributed by atoms with Crippen molar-refractivity contribution in [2.24, 2.45) is 0 Å². The summed E-state index contributed by atoms with van der Waals surface area (Å²) in [6.07, 6.45) is 0. The Morgan fingerprint density at radius 2 is 0.759 bits per heavy atom. The van der Waals surface area contributed by atoms with Gasteiger partial charge in [-0.15, -0.1) is 0 Å². The van der Waals surface area contributed by atoms with E-state index in [2.05, 4.69) is 161 Å². The summed E-state index contributed by atoms with van der Waals surface area (Å²) in [5.74, 6) is 0. The van der Waals surface area contributed by atoms with Gasteiger partial charge < -0.3 is 9.13 Å². The van der Waals surface area contributed by atoms with Crippen LogP contribution in [0.15, 0.2) is 182 Å². The van der Waals surface area contributed by atoms with Crippen LogP contribution >= 0.6 is 0 Å². The maximum Gasteiger partial charge on any atom is 0.0992 e. The minimum Gasteiger partial charge on any atom is -0.309 e. The van der Waals surface area contributed by atoms with Crippen molar-refractivity contribution in [2.75, 3.05) is 0 Å². The van der Waals surface area contributed by atoms with Crippen LogP contribution in [0.25, 0.3) is 88.4 Å². The average molecular weight is 687 g/mol. The number of hydrogen-bond donors (Lipinski definition) is 0. The first kappa shape index (κ1) is 31.1. The van der Waals surface area contributed by atoms with Gasteiger partial charge in [0, 0.05) is 44.0 Å². The zero-order valence-electron chi connectivity index (χ0n) is 29.1. The van der Waals surface area contributed by atoms with Crippen molar-refractivity contribution in [2.45, 2.75) is 0 Å². The number of hydrogen-bond acceptors (Lipinski definition) is 2. The highest BCUT2D eigenvalue weighted by Gasteiger charge is 2.22. The van der Waals surface area contributed by atoms with E-state index in [1.165, 1.54) is 21.8 Å². The smallest absolute Gasteiger partial charge is 0.0992 e. The molecule has 0 atom stereocenters. The summed E-state index contributed by atoms with van der Waals surface area (Å²) in [4.78, 5) is 0. The molecule has 54 heavy (non-hydrogen) atoms. The number of nitriles is 2. The fraction of sp³-hybridized carbons (Fsp3) is 0. The third-order valence-corrected chi connectivity index (χ3v) is 10.6. The van der Waals surface area contributed by atoms with Gasteiger partial charge in [-0.1, -0.05) is 127 Å². The van der Waals surface area contributed by atoms with Crippen LogP contribution in [0, 0.1) is 22.7 Å². The highest BCUT2D eigenvalue weighted by Crippen LogP contribution is 2.45. The summed E-state index contributed by atoms with van der Waals surface area (Å²) in [7, 11) is 0. The largest absolute Gasteiger partial charge is 0.309 e. The molecule has 4 heteroatoms. The molecule has 10 aromatic rings. The lowest BCUT2D eigenvalue weighted by Gasteiger charge is -2.18. The summed E-state index contributed by atoms with van der Waals surface area (Å²) in [5, 5.41) is 24.2. The molecule has 0 aliphatic rings. The Kier molecular flexibility index (Phi) is 7.22. The second kappa shape index (κ2) is 12.5. The van der Waals surface area contributed by atoms with E-state index in [9.17, 15) is 10.5 Å². The Morgan fingerprint density at radius 3 is 1.41 bits per heavy atom. The molecule has 0 N–H and O–H groups in total. The van der Waals surface area contributed by atoms with Crippen molar-refractivity contribution in [3.8, 4) is 56.9 Å². The first-order chi connectivity index (χ1) is 26.7. The molecule has 0 saturated heterocycles. The van der Waals surface area contributed by atoms with Crippen molar-refractivity contribution in [1.82, 2.24) is 9.13 Å². The Morgan fingerprint density at radius 1 is 0.315 bits per heavy atom. The lowest BCUT2D eigenvalue weighted by molar-refractivity contribution is 1.18. The summed E-state index contributed by atoms with van der Waals surface area (Å²) in [5.41, 5.74) is 14.2. The maximum atomic E-state index is 9.87. The van der Waals surface area contributed by atoms with Gasteiger partial charge >= 0.3 is 0 Å². The number of rotatable bonds is 5. The Balaban J connectivity index is 1.27. The number of nitrogens with zero attached hydrogens (tertiary/aromatic N) is 4. The van der Waals surface area contributed by atoms with Gasteiger partial charge in [-0.25, -0.2) is 0 Å². The number of fused-ring (bicyclic) bond motifs is 6. The molecule has 0 bridgehead atoms. The van der Waals surface area contributed by atoms with E-state index in [4.69, 9.17) is 0 Å². The molecule has 0 aliphatic carbocycles. The summed E-state index contributed by atoms with van der Waals surface area (Å²) in [6, 6.07) is 67.9. The molecular formula is C50H30N4. The highest BCUT2D eigenvalue weighted by atomic mass is 15.0. The molecule has 0 saturated carbocycles. The van der Waals surface area contributed by atoms with Gasteiger partial charge in [0.2, 0.25) is 0 Å². The summed E-state index contributed by atoms with van der Waals surface area (Å²) in [6.45, 7) is 0. The molecule has 0 radical (unpaired) electrons. The second-order valence-corrected chi connectivity index (χ2v) is 13.5. The molecule has 250 valence electrons. The lowest BCUT2D eigenvalue weighted by atomic mass is 9.88. The molecule has 2 heterocycles. The van der Waals surface area contributed by atoms with Crippen molar-refractivity contribution in [1.29, 1.82) is 10.5 Å². The standard InChI is InChI=1S/C50H30N4/c51-31-33-13-10-16-36(29-33)54-48-28-27-34(32-52)30-46(48)45-25-12-23-43(50(45)54)40-20-7-5-18-38(40)37-17-4-6-19-39(37)42-22-11-24-44-41-21-8-9-26-47(41)53(49(42)44)35-14-2-1-3-15-35/h1-30H. The van der Waals surface area contributed by atoms with E-state index < -0.39 is 0 Å². The van der Waals surface area contributed by atoms with E-state index in [1.807, 2.05) is 42.5 Å². The van der Waals surface area contributed by atoms with Gasteiger partial charge in [0.1, 0.15) is 0 Å². The van der Waals surface area contributed by atoms with Gasteiger partial charge in [0.25, 0.3) is 0 Å². The first-order valence-corrected chi connectivity index (χ1v) is 18.0. The van der Waals surface area contributed by atoms with Gasteiger partial charge in [-0.3, -0.25) is 0 Å². The average Bonchev–Trinajstić information content (AvgIpc) is 3.77. The molecule has 10 rings (SSSR count). The van der Waals surface area contributed by atoms with Gasteiger partial charge in [0.15, 0.2) is 0 Å². The van der Waals surface area contributed by atoms with Crippen LogP contribution in [0.3, 0.4) is 0 Å². The van der Waals surface area contributed by atoms with E-state index >= 15 is 0 Å². The van der Waals surface area contributed by atoms with Crippen molar-refractivity contribution in [3.63, 3.8) is 0 Å². The predicted molar refractivity (Wildman–Crippen MR) is 221 cm³/mol. The van der Waals surface area contributed by atoms with Crippen LogP contribution in [0.2, 0.25) is 0 Å². The van der Waals surface area contributed by atoms with Gasteiger partial charge in [-0.05, 0) is 76.9 Å². The summed E-state index contributed by atoms with van der Waals surface area (Å²) < 4.78 is 4.64. The Bertz CT molecular complexity index is 3190. The highest BCUT2D eigenvalue weighted by molar-refractivity contribution is 6.17. The van der Waals surface area contributed by atoms with Crippen molar-refractivity contribution in [3.05, 3.63) is 193 Å². The van der Waals surface area contributed by atoms with Crippen LogP contribution in [0.4, 0.5) is 0 Å². The number of aromatic nitrogens is 2. The molecule has 0 unspecified atom stereocenters. The van der Waals surface area contributed by atoms with E-state index in [0.29, 0.717) is 11.1 Å². The van der Waals surface area contributed by atoms with Crippen LogP contribution < -0.4 is 0 Å². The molecular weight excluding hydrogens is 657 g/mol. The van der Waals surface area contributed by atoms with E-state index in [0.717, 1.165) is 66.6 Å². The van der Waals surface area contributed by atoms with E-state index in [-0.39, 0.29) is 0 Å². The summed E-state index contributed by atoms with van der Waals surface area (Å²) >= 11 is 0. The fourth-order valence-electron chi connectivity index (χ4n) is 8.33. The van der Waals surface area contributed by atoms with Crippen LogP contribution in [-0.4, -0.2) is 9.13 Å². The van der Waals surface area contributed by atoms with Crippen LogP contribution in [-0.2, 0) is 0 Å². The molecule has 2 aromatic heterocycles. The predicted octanol–water partition coefficient (Wildman–Crippen LogP) is 12.6. The minimum absolute atomic E-state index is 0.588. The molecule has 0 amide bonds. The SMILES string of the molecule is N#Cc1cccc(-n2c3ccc(C#N)cc3c3cccc(-c4ccccc4-c4ccccc4-c4cccc5c6ccccc6n(-c6ccccc6)c45)c32)c1. The van der Waals surface area contributed by atoms with Crippen LogP contribution in [0.5, 0.6) is 0 Å². The number of para-hydroxylation sites is 4. The van der Waals surface area contributed by atoms with Gasteiger partial charge in [0.05, 0.1) is 45.3 Å². The lowest BCUT2D eigenvalue weighted by Crippen LogP contribution is -1.98. The molecule has 0 spiro atoms. The maximum absolute atomic E-state index is 9.87. The third-order valence-electron chi connectivity index (χ3n) is 10.6. The quantitative estimate of drug-likeness (QED) is 0.181. The number of benzene rings is 8. The fourth-order valence-corrected chi connectivity index (χ4v) is 8.33. The second-order valence-electron chi connectivity index (χ2n) is 13.5. The monoisotopic (exact) mass is 686 g/mol. The zero-order chi connectivity index (χ0) is 36.2. The normalized spacial score (nSPS) is 11.3. The molecule has 4 nitrogen and oxygen atoms in total. The molecule has 8 aromatic carbocycles. The first-order valence-electron chi connectivity index (χ1n) is 18.0. The van der Waals surface area contributed by atoms with Crippen LogP contribution in [0.1, 0.15) is 11.1 Å². The topological polar surface area (TPSA) is 57.4 Å². The minimum atomic E-state index is 0.588. The molecule has 0 aliphatic heterocycles. The van der Waals surface area contributed by atoms with Gasteiger partial charge in [-0.2, -0.15) is 10.5 Å². The Hall–Kier alpha value is -7.66. The van der Waals surface area contributed by atoms with E-state index in [1.54, 1.807) is 0 Å². The zero-order valence-corrected chi connectivity index (χ0v) is 29.1.